The van der Waals surface area contributed by atoms with Gasteiger partial charge in [-0.25, -0.2) is 0 Å². The normalized spacial score (nSPS) is 16.2. The molecule has 0 atom stereocenters. The van der Waals surface area contributed by atoms with Gasteiger partial charge >= 0.3 is 0 Å². The van der Waals surface area contributed by atoms with Crippen LogP contribution in [0.1, 0.15) is 18.1 Å². The van der Waals surface area contributed by atoms with E-state index in [1.54, 1.807) is 12.3 Å². The standard InChI is InChI=1S/C20H23N3O/c1-17(19-7-3-2-4-8-19)14-20(24)23-12-10-22(11-13-23)16-18-6-5-9-21-15-18/h2-9,14-15H,10-13,16H2,1H3/b17-14+. The fourth-order valence-corrected chi connectivity index (χ4v) is 2.94. The van der Waals surface area contributed by atoms with Crippen LogP contribution in [0.5, 0.6) is 0 Å². The quantitative estimate of drug-likeness (QED) is 0.813. The van der Waals surface area contributed by atoms with Crippen molar-refractivity contribution >= 4 is 11.5 Å². The van der Waals surface area contributed by atoms with Crippen LogP contribution in [0.3, 0.4) is 0 Å². The molecular weight excluding hydrogens is 298 g/mol. The third-order valence-electron chi connectivity index (χ3n) is 4.38. The molecule has 0 N–H and O–H groups in total. The first kappa shape index (κ1) is 16.4. The molecule has 3 rings (SSSR count). The van der Waals surface area contributed by atoms with Crippen molar-refractivity contribution in [3.63, 3.8) is 0 Å². The molecule has 1 aromatic carbocycles. The number of carbonyl (C=O) groups excluding carboxylic acids is 1. The van der Waals surface area contributed by atoms with E-state index in [-0.39, 0.29) is 5.91 Å². The summed E-state index contributed by atoms with van der Waals surface area (Å²) in [6.45, 7) is 6.24. The van der Waals surface area contributed by atoms with Crippen molar-refractivity contribution in [3.8, 4) is 0 Å². The average Bonchev–Trinajstić information content (AvgIpc) is 2.64. The maximum Gasteiger partial charge on any atom is 0.246 e. The lowest BCUT2D eigenvalue weighted by Crippen LogP contribution is -2.47. The first-order valence-electron chi connectivity index (χ1n) is 8.36. The molecule has 4 heteroatoms. The molecule has 24 heavy (non-hydrogen) atoms. The van der Waals surface area contributed by atoms with Crippen LogP contribution in [-0.4, -0.2) is 46.9 Å². The third kappa shape index (κ3) is 4.30. The molecule has 2 heterocycles. The minimum Gasteiger partial charge on any atom is -0.337 e. The van der Waals surface area contributed by atoms with Crippen molar-refractivity contribution < 1.29 is 4.79 Å². The molecule has 1 aromatic heterocycles. The van der Waals surface area contributed by atoms with Crippen molar-refractivity contribution in [1.29, 1.82) is 0 Å². The molecule has 0 saturated carbocycles. The van der Waals surface area contributed by atoms with Crippen LogP contribution in [0.25, 0.3) is 5.57 Å². The molecule has 2 aromatic rings. The Kier molecular flexibility index (Phi) is 5.39. The number of nitrogens with zero attached hydrogens (tertiary/aromatic N) is 3. The van der Waals surface area contributed by atoms with Crippen LogP contribution >= 0.6 is 0 Å². The van der Waals surface area contributed by atoms with Gasteiger partial charge in [-0.1, -0.05) is 36.4 Å². The molecule has 0 radical (unpaired) electrons. The van der Waals surface area contributed by atoms with E-state index in [0.29, 0.717) is 0 Å². The van der Waals surface area contributed by atoms with E-state index in [1.165, 1.54) is 5.56 Å². The van der Waals surface area contributed by atoms with E-state index in [0.717, 1.165) is 43.9 Å². The van der Waals surface area contributed by atoms with Gasteiger partial charge in [-0.2, -0.15) is 0 Å². The summed E-state index contributed by atoms with van der Waals surface area (Å²) in [6.07, 6.45) is 5.46. The monoisotopic (exact) mass is 321 g/mol. The summed E-state index contributed by atoms with van der Waals surface area (Å²) < 4.78 is 0. The fourth-order valence-electron chi connectivity index (χ4n) is 2.94. The van der Waals surface area contributed by atoms with Gasteiger partial charge in [0.1, 0.15) is 0 Å². The number of rotatable bonds is 4. The number of hydrogen-bond donors (Lipinski definition) is 0. The van der Waals surface area contributed by atoms with Gasteiger partial charge < -0.3 is 4.90 Å². The predicted octanol–water partition coefficient (Wildman–Crippen LogP) is 2.83. The minimum atomic E-state index is 0.109. The zero-order valence-electron chi connectivity index (χ0n) is 14.1. The summed E-state index contributed by atoms with van der Waals surface area (Å²) in [6, 6.07) is 14.1. The number of piperazine rings is 1. The number of amides is 1. The van der Waals surface area contributed by atoms with Crippen molar-refractivity contribution in [1.82, 2.24) is 14.8 Å². The highest BCUT2D eigenvalue weighted by atomic mass is 16.2. The van der Waals surface area contributed by atoms with Crippen molar-refractivity contribution in [2.75, 3.05) is 26.2 Å². The second-order valence-electron chi connectivity index (χ2n) is 6.16. The van der Waals surface area contributed by atoms with Gasteiger partial charge in [-0.05, 0) is 29.7 Å². The summed E-state index contributed by atoms with van der Waals surface area (Å²) in [5.41, 5.74) is 3.33. The van der Waals surface area contributed by atoms with Crippen LogP contribution in [0.4, 0.5) is 0 Å². The highest BCUT2D eigenvalue weighted by molar-refractivity contribution is 5.94. The van der Waals surface area contributed by atoms with Crippen LogP contribution in [-0.2, 0) is 11.3 Å². The SMILES string of the molecule is C/C(=C\C(=O)N1CCN(Cc2cccnc2)CC1)c1ccccc1. The first-order chi connectivity index (χ1) is 11.7. The lowest BCUT2D eigenvalue weighted by molar-refractivity contribution is -0.127. The Balaban J connectivity index is 1.53. The summed E-state index contributed by atoms with van der Waals surface area (Å²) in [5, 5.41) is 0. The Labute approximate surface area is 143 Å². The molecule has 0 bridgehead atoms. The molecule has 4 nitrogen and oxygen atoms in total. The molecular formula is C20H23N3O. The highest BCUT2D eigenvalue weighted by Gasteiger charge is 2.20. The molecule has 0 aliphatic carbocycles. The van der Waals surface area contributed by atoms with E-state index in [1.807, 2.05) is 54.4 Å². The molecule has 1 fully saturated rings. The number of benzene rings is 1. The molecule has 0 unspecified atom stereocenters. The van der Waals surface area contributed by atoms with Crippen LogP contribution in [0.2, 0.25) is 0 Å². The Hall–Kier alpha value is -2.46. The molecule has 1 aliphatic rings. The van der Waals surface area contributed by atoms with E-state index in [4.69, 9.17) is 0 Å². The van der Waals surface area contributed by atoms with Gasteiger partial charge in [0.05, 0.1) is 0 Å². The topological polar surface area (TPSA) is 36.4 Å². The predicted molar refractivity (Wildman–Crippen MR) is 96.2 cm³/mol. The zero-order valence-corrected chi connectivity index (χ0v) is 14.1. The highest BCUT2D eigenvalue weighted by Crippen LogP contribution is 2.14. The average molecular weight is 321 g/mol. The molecule has 1 saturated heterocycles. The molecule has 124 valence electrons. The molecule has 0 spiro atoms. The Bertz CT molecular complexity index is 689. The minimum absolute atomic E-state index is 0.109. The van der Waals surface area contributed by atoms with Gasteiger partial charge in [-0.15, -0.1) is 0 Å². The number of carbonyl (C=O) groups is 1. The number of pyridine rings is 1. The molecule has 1 aliphatic heterocycles. The number of allylic oxidation sites excluding steroid dienone is 1. The van der Waals surface area contributed by atoms with Crippen molar-refractivity contribution in [2.45, 2.75) is 13.5 Å². The van der Waals surface area contributed by atoms with E-state index in [2.05, 4.69) is 16.0 Å². The number of aromatic nitrogens is 1. The summed E-state index contributed by atoms with van der Waals surface area (Å²) in [7, 11) is 0. The number of hydrogen-bond acceptors (Lipinski definition) is 3. The van der Waals surface area contributed by atoms with E-state index in [9.17, 15) is 4.79 Å². The van der Waals surface area contributed by atoms with Crippen LogP contribution < -0.4 is 0 Å². The zero-order chi connectivity index (χ0) is 16.8. The van der Waals surface area contributed by atoms with E-state index >= 15 is 0 Å². The Morgan fingerprint density at radius 1 is 1.08 bits per heavy atom. The maximum atomic E-state index is 12.5. The first-order valence-corrected chi connectivity index (χ1v) is 8.36. The van der Waals surface area contributed by atoms with Gasteiger partial charge in [0, 0.05) is 51.2 Å². The lowest BCUT2D eigenvalue weighted by atomic mass is 10.1. The largest absolute Gasteiger partial charge is 0.337 e. The summed E-state index contributed by atoms with van der Waals surface area (Å²) >= 11 is 0. The van der Waals surface area contributed by atoms with Crippen LogP contribution in [0, 0.1) is 0 Å². The van der Waals surface area contributed by atoms with E-state index < -0.39 is 0 Å². The third-order valence-corrected chi connectivity index (χ3v) is 4.38. The van der Waals surface area contributed by atoms with Gasteiger partial charge in [0.15, 0.2) is 0 Å². The second-order valence-corrected chi connectivity index (χ2v) is 6.16. The maximum absolute atomic E-state index is 12.5. The van der Waals surface area contributed by atoms with Gasteiger partial charge in [0.25, 0.3) is 0 Å². The van der Waals surface area contributed by atoms with Crippen molar-refractivity contribution in [2.24, 2.45) is 0 Å². The van der Waals surface area contributed by atoms with Gasteiger partial charge in [0.2, 0.25) is 5.91 Å². The van der Waals surface area contributed by atoms with Crippen molar-refractivity contribution in [3.05, 3.63) is 72.1 Å². The summed E-state index contributed by atoms with van der Waals surface area (Å²) in [5.74, 6) is 0.109. The Morgan fingerprint density at radius 2 is 1.83 bits per heavy atom. The fraction of sp³-hybridized carbons (Fsp3) is 0.300. The smallest absolute Gasteiger partial charge is 0.246 e. The Morgan fingerprint density at radius 3 is 2.50 bits per heavy atom. The summed E-state index contributed by atoms with van der Waals surface area (Å²) in [4.78, 5) is 20.9. The lowest BCUT2D eigenvalue weighted by Gasteiger charge is -2.34. The molecule has 1 amide bonds. The van der Waals surface area contributed by atoms with Gasteiger partial charge in [-0.3, -0.25) is 14.7 Å². The second kappa shape index (κ2) is 7.88. The van der Waals surface area contributed by atoms with Crippen LogP contribution in [0.15, 0.2) is 60.9 Å².